The molecule has 1 N–H and O–H groups in total. The number of rotatable bonds is 7. The highest BCUT2D eigenvalue weighted by Gasteiger charge is 2.37. The smallest absolute Gasteiger partial charge is 0.279 e. The summed E-state index contributed by atoms with van der Waals surface area (Å²) in [6.07, 6.45) is 11.4. The van der Waals surface area contributed by atoms with Gasteiger partial charge in [0.2, 0.25) is 5.91 Å². The first-order chi connectivity index (χ1) is 16.5. The molecule has 1 aromatic carbocycles. The van der Waals surface area contributed by atoms with Gasteiger partial charge in [-0.25, -0.2) is 4.98 Å². The van der Waals surface area contributed by atoms with Crippen LogP contribution in [0.4, 0.5) is 5.69 Å². The Hall–Kier alpha value is -3.75. The third kappa shape index (κ3) is 5.08. The van der Waals surface area contributed by atoms with Crippen LogP contribution in [0, 0.1) is 6.92 Å². The number of anilines is 1. The number of amides is 2. The molecule has 1 aliphatic rings. The number of carbonyl (C=O) groups is 2. The summed E-state index contributed by atoms with van der Waals surface area (Å²) < 4.78 is 7.06. The zero-order chi connectivity index (χ0) is 24.1. The van der Waals surface area contributed by atoms with E-state index in [-0.39, 0.29) is 17.6 Å². The molecule has 178 valence electrons. The van der Waals surface area contributed by atoms with Gasteiger partial charge in [0.05, 0.1) is 19.0 Å². The van der Waals surface area contributed by atoms with Crippen molar-refractivity contribution in [3.05, 3.63) is 66.0 Å². The molecule has 1 fully saturated rings. The van der Waals surface area contributed by atoms with E-state index in [0.717, 1.165) is 25.7 Å². The summed E-state index contributed by atoms with van der Waals surface area (Å²) in [6.45, 7) is 1.84. The molecule has 0 spiro atoms. The van der Waals surface area contributed by atoms with Crippen molar-refractivity contribution >= 4 is 17.5 Å². The number of nitrogens with one attached hydrogen (secondary N) is 1. The molecule has 0 radical (unpaired) electrons. The number of aryl methyl sites for hydroxylation is 2. The first-order valence-electron chi connectivity index (χ1n) is 11.5. The Morgan fingerprint density at radius 1 is 1.21 bits per heavy atom. The molecular formula is C25H30N6O3. The van der Waals surface area contributed by atoms with Crippen LogP contribution in [-0.2, 0) is 11.8 Å². The lowest BCUT2D eigenvalue weighted by Crippen LogP contribution is -2.47. The zero-order valence-electron chi connectivity index (χ0n) is 19.8. The maximum absolute atomic E-state index is 13.9. The van der Waals surface area contributed by atoms with Crippen LogP contribution in [0.2, 0.25) is 0 Å². The van der Waals surface area contributed by atoms with Gasteiger partial charge in [-0.3, -0.25) is 24.2 Å². The topological polar surface area (TPSA) is 102 Å². The van der Waals surface area contributed by atoms with Gasteiger partial charge in [-0.2, -0.15) is 5.10 Å². The van der Waals surface area contributed by atoms with Gasteiger partial charge >= 0.3 is 0 Å². The van der Waals surface area contributed by atoms with E-state index in [2.05, 4.69) is 20.4 Å². The van der Waals surface area contributed by atoms with Crippen LogP contribution >= 0.6 is 0 Å². The Kier molecular flexibility index (Phi) is 7.20. The minimum Gasteiger partial charge on any atom is -0.497 e. The third-order valence-corrected chi connectivity index (χ3v) is 6.14. The van der Waals surface area contributed by atoms with Crippen LogP contribution in [0.5, 0.6) is 5.75 Å². The van der Waals surface area contributed by atoms with Crippen molar-refractivity contribution < 1.29 is 14.3 Å². The van der Waals surface area contributed by atoms with E-state index in [1.54, 1.807) is 49.3 Å². The Balaban J connectivity index is 1.83. The Bertz CT molecular complexity index is 1140. The Morgan fingerprint density at radius 2 is 2.00 bits per heavy atom. The van der Waals surface area contributed by atoms with Gasteiger partial charge in [0, 0.05) is 49.0 Å². The van der Waals surface area contributed by atoms with Crippen LogP contribution < -0.4 is 15.0 Å². The molecule has 2 aromatic heterocycles. The number of hydrogen-bond acceptors (Lipinski definition) is 6. The molecule has 1 aliphatic carbocycles. The van der Waals surface area contributed by atoms with Crippen LogP contribution in [0.25, 0.3) is 0 Å². The van der Waals surface area contributed by atoms with Crippen LogP contribution in [0.1, 0.15) is 59.9 Å². The molecule has 0 bridgehead atoms. The van der Waals surface area contributed by atoms with Crippen molar-refractivity contribution in [2.75, 3.05) is 12.0 Å². The normalized spacial score (nSPS) is 14.9. The first kappa shape index (κ1) is 23.4. The predicted molar refractivity (Wildman–Crippen MR) is 128 cm³/mol. The minimum absolute atomic E-state index is 0.0829. The fourth-order valence-corrected chi connectivity index (χ4v) is 4.49. The summed E-state index contributed by atoms with van der Waals surface area (Å²) in [5.74, 6) is -0.111. The standard InChI is InChI=1S/C25H30N6O3/c1-17-21(16-30(2)29-17)23(24(32)28-18-8-5-4-6-9-18)31(19-10-7-11-20(14-19)34-3)25(33)22-15-26-12-13-27-22/h7,10-16,18,23H,4-6,8-9H2,1-3H3,(H,28,32). The number of methoxy groups -OCH3 is 1. The summed E-state index contributed by atoms with van der Waals surface area (Å²) in [7, 11) is 3.36. The summed E-state index contributed by atoms with van der Waals surface area (Å²) in [5.41, 5.74) is 1.98. The van der Waals surface area contributed by atoms with E-state index in [1.165, 1.54) is 29.9 Å². The number of benzene rings is 1. The molecule has 9 heteroatoms. The lowest BCUT2D eigenvalue weighted by Gasteiger charge is -2.33. The van der Waals surface area contributed by atoms with Gasteiger partial charge in [-0.15, -0.1) is 0 Å². The molecule has 2 amide bonds. The average molecular weight is 463 g/mol. The molecule has 9 nitrogen and oxygen atoms in total. The summed E-state index contributed by atoms with van der Waals surface area (Å²) in [4.78, 5) is 37.5. The first-order valence-corrected chi connectivity index (χ1v) is 11.5. The molecule has 4 rings (SSSR count). The number of aromatic nitrogens is 4. The van der Waals surface area contributed by atoms with Crippen LogP contribution in [-0.4, -0.2) is 44.7 Å². The zero-order valence-corrected chi connectivity index (χ0v) is 19.8. The maximum Gasteiger partial charge on any atom is 0.279 e. The van der Waals surface area contributed by atoms with E-state index in [0.29, 0.717) is 22.7 Å². The van der Waals surface area contributed by atoms with Gasteiger partial charge in [-0.05, 0) is 31.9 Å². The van der Waals surface area contributed by atoms with Crippen molar-refractivity contribution in [2.24, 2.45) is 7.05 Å². The highest BCUT2D eigenvalue weighted by molar-refractivity contribution is 6.09. The monoisotopic (exact) mass is 462 g/mol. The second kappa shape index (κ2) is 10.5. The molecule has 0 aliphatic heterocycles. The summed E-state index contributed by atoms with van der Waals surface area (Å²) in [6, 6.07) is 6.24. The van der Waals surface area contributed by atoms with Crippen molar-refractivity contribution in [1.82, 2.24) is 25.1 Å². The van der Waals surface area contributed by atoms with Crippen molar-refractivity contribution in [1.29, 1.82) is 0 Å². The Morgan fingerprint density at radius 3 is 2.65 bits per heavy atom. The second-order valence-corrected chi connectivity index (χ2v) is 8.56. The van der Waals surface area contributed by atoms with E-state index in [4.69, 9.17) is 4.74 Å². The van der Waals surface area contributed by atoms with Crippen molar-refractivity contribution in [2.45, 2.75) is 51.1 Å². The largest absolute Gasteiger partial charge is 0.497 e. The van der Waals surface area contributed by atoms with Gasteiger partial charge in [0.1, 0.15) is 17.5 Å². The van der Waals surface area contributed by atoms with E-state index >= 15 is 0 Å². The molecule has 1 atom stereocenters. The maximum atomic E-state index is 13.9. The van der Waals surface area contributed by atoms with Crippen LogP contribution in [0.3, 0.4) is 0 Å². The van der Waals surface area contributed by atoms with E-state index in [1.807, 2.05) is 6.92 Å². The average Bonchev–Trinajstić information content (AvgIpc) is 3.20. The lowest BCUT2D eigenvalue weighted by molar-refractivity contribution is -0.123. The Labute approximate surface area is 199 Å². The molecule has 3 aromatic rings. The number of ether oxygens (including phenoxy) is 1. The second-order valence-electron chi connectivity index (χ2n) is 8.56. The lowest BCUT2D eigenvalue weighted by atomic mass is 9.94. The van der Waals surface area contributed by atoms with Crippen LogP contribution in [0.15, 0.2) is 49.1 Å². The van der Waals surface area contributed by atoms with E-state index in [9.17, 15) is 9.59 Å². The number of nitrogens with zero attached hydrogens (tertiary/aromatic N) is 5. The molecule has 1 unspecified atom stereocenters. The SMILES string of the molecule is COc1cccc(N(C(=O)c2cnccn2)C(C(=O)NC2CCCCC2)c2cn(C)nc2C)c1. The fourth-order valence-electron chi connectivity index (χ4n) is 4.49. The minimum atomic E-state index is -0.947. The quantitative estimate of drug-likeness (QED) is 0.578. The molecule has 2 heterocycles. The summed E-state index contributed by atoms with van der Waals surface area (Å²) >= 11 is 0. The number of hydrogen-bond donors (Lipinski definition) is 1. The molecular weight excluding hydrogens is 432 g/mol. The summed E-state index contributed by atoms with van der Waals surface area (Å²) in [5, 5.41) is 7.65. The van der Waals surface area contributed by atoms with Gasteiger partial charge in [0.25, 0.3) is 5.91 Å². The van der Waals surface area contributed by atoms with E-state index < -0.39 is 11.9 Å². The highest BCUT2D eigenvalue weighted by atomic mass is 16.5. The number of carbonyl (C=O) groups excluding carboxylic acids is 2. The molecule has 34 heavy (non-hydrogen) atoms. The fraction of sp³-hybridized carbons (Fsp3) is 0.400. The molecule has 1 saturated carbocycles. The van der Waals surface area contributed by atoms with Crippen molar-refractivity contribution in [3.8, 4) is 5.75 Å². The van der Waals surface area contributed by atoms with Gasteiger partial charge < -0.3 is 10.1 Å². The predicted octanol–water partition coefficient (Wildman–Crippen LogP) is 3.36. The van der Waals surface area contributed by atoms with Gasteiger partial charge in [-0.1, -0.05) is 25.3 Å². The molecule has 0 saturated heterocycles. The van der Waals surface area contributed by atoms with Gasteiger partial charge in [0.15, 0.2) is 0 Å². The van der Waals surface area contributed by atoms with Crippen molar-refractivity contribution in [3.63, 3.8) is 0 Å². The highest BCUT2D eigenvalue weighted by Crippen LogP contribution is 2.33. The third-order valence-electron chi connectivity index (χ3n) is 6.14.